The van der Waals surface area contributed by atoms with Crippen LogP contribution in [0.15, 0.2) is 115 Å². The number of rotatable bonds is 2. The van der Waals surface area contributed by atoms with Gasteiger partial charge in [0.25, 0.3) is 0 Å². The molecular formula is C32H23N. The van der Waals surface area contributed by atoms with Gasteiger partial charge in [0, 0.05) is 11.4 Å². The van der Waals surface area contributed by atoms with E-state index in [0.717, 1.165) is 11.4 Å². The molecule has 33 heavy (non-hydrogen) atoms. The first-order chi connectivity index (χ1) is 16.3. The van der Waals surface area contributed by atoms with Crippen molar-refractivity contribution in [1.29, 1.82) is 0 Å². The minimum absolute atomic E-state index is 0.288. The van der Waals surface area contributed by atoms with Gasteiger partial charge < -0.3 is 5.32 Å². The van der Waals surface area contributed by atoms with Crippen LogP contribution in [-0.2, 0) is 5.41 Å². The van der Waals surface area contributed by atoms with E-state index >= 15 is 0 Å². The molecule has 0 bridgehead atoms. The predicted molar refractivity (Wildman–Crippen MR) is 137 cm³/mol. The molecule has 0 radical (unpaired) electrons. The predicted octanol–water partition coefficient (Wildman–Crippen LogP) is 8.08. The number of anilines is 2. The van der Waals surface area contributed by atoms with E-state index in [1.165, 1.54) is 50.1 Å². The first-order valence-corrected chi connectivity index (χ1v) is 11.5. The van der Waals surface area contributed by atoms with E-state index in [2.05, 4.69) is 128 Å². The molecule has 0 unspecified atom stereocenters. The molecule has 0 aromatic heterocycles. The molecule has 7 rings (SSSR count). The van der Waals surface area contributed by atoms with E-state index in [9.17, 15) is 0 Å². The third kappa shape index (κ3) is 2.42. The summed E-state index contributed by atoms with van der Waals surface area (Å²) in [7, 11) is 0. The van der Waals surface area contributed by atoms with E-state index in [-0.39, 0.29) is 5.41 Å². The van der Waals surface area contributed by atoms with Gasteiger partial charge in [-0.25, -0.2) is 0 Å². The summed E-state index contributed by atoms with van der Waals surface area (Å²) in [6.45, 7) is 2.12. The molecule has 1 nitrogen and oxygen atoms in total. The molecule has 5 aromatic carbocycles. The molecule has 0 amide bonds. The third-order valence-electron chi connectivity index (χ3n) is 7.34. The summed E-state index contributed by atoms with van der Waals surface area (Å²) >= 11 is 0. The Morgan fingerprint density at radius 1 is 0.455 bits per heavy atom. The summed E-state index contributed by atoms with van der Waals surface area (Å²) < 4.78 is 0. The Hall–Kier alpha value is -4.10. The fourth-order valence-electron chi connectivity index (χ4n) is 5.98. The van der Waals surface area contributed by atoms with Gasteiger partial charge in [-0.1, -0.05) is 96.6 Å². The van der Waals surface area contributed by atoms with Crippen LogP contribution in [0.1, 0.15) is 27.8 Å². The highest BCUT2D eigenvalue weighted by molar-refractivity contribution is 5.95. The van der Waals surface area contributed by atoms with E-state index in [0.29, 0.717) is 0 Å². The van der Waals surface area contributed by atoms with E-state index in [4.69, 9.17) is 0 Å². The second-order valence-corrected chi connectivity index (χ2v) is 9.14. The van der Waals surface area contributed by atoms with Gasteiger partial charge in [-0.15, -0.1) is 0 Å². The quantitative estimate of drug-likeness (QED) is 0.297. The van der Waals surface area contributed by atoms with Crippen LogP contribution in [0.25, 0.3) is 22.3 Å². The summed E-state index contributed by atoms with van der Waals surface area (Å²) in [4.78, 5) is 0. The Morgan fingerprint density at radius 3 is 1.45 bits per heavy atom. The van der Waals surface area contributed by atoms with Crippen molar-refractivity contribution in [2.45, 2.75) is 12.3 Å². The summed E-state index contributed by atoms with van der Waals surface area (Å²) in [5.41, 5.74) is 14.0. The molecule has 5 aromatic rings. The molecule has 156 valence electrons. The number of fused-ring (bicyclic) bond motifs is 10. The van der Waals surface area contributed by atoms with Crippen LogP contribution in [0, 0.1) is 6.92 Å². The standard InChI is InChI=1S/C32H23N/c1-21-14-16-22(17-15-21)33-23-18-19-27-26-10-4-7-13-30(26)32(31(27)20-23)28-11-5-2-8-24(28)25-9-3-6-12-29(25)32/h2-20,33H,1H3. The number of nitrogens with one attached hydrogen (secondary N) is 1. The van der Waals surface area contributed by atoms with Crippen LogP contribution in [0.4, 0.5) is 11.4 Å². The lowest BCUT2D eigenvalue weighted by Gasteiger charge is -2.30. The lowest BCUT2D eigenvalue weighted by molar-refractivity contribution is 0.794. The Bertz CT molecular complexity index is 1480. The van der Waals surface area contributed by atoms with Crippen molar-refractivity contribution < 1.29 is 0 Å². The highest BCUT2D eigenvalue weighted by atomic mass is 14.9. The largest absolute Gasteiger partial charge is 0.356 e. The first-order valence-electron chi connectivity index (χ1n) is 11.5. The molecule has 1 spiro atoms. The highest BCUT2D eigenvalue weighted by Crippen LogP contribution is 2.62. The smallest absolute Gasteiger partial charge is 0.0726 e. The molecule has 2 aliphatic rings. The maximum atomic E-state index is 3.64. The van der Waals surface area contributed by atoms with Crippen molar-refractivity contribution in [3.63, 3.8) is 0 Å². The lowest BCUT2D eigenvalue weighted by Crippen LogP contribution is -2.25. The Kier molecular flexibility index (Phi) is 3.75. The van der Waals surface area contributed by atoms with Crippen LogP contribution in [0.2, 0.25) is 0 Å². The van der Waals surface area contributed by atoms with Crippen molar-refractivity contribution >= 4 is 11.4 Å². The summed E-state index contributed by atoms with van der Waals surface area (Å²) in [5.74, 6) is 0. The Labute approximate surface area is 194 Å². The molecule has 1 N–H and O–H groups in total. The van der Waals surface area contributed by atoms with Crippen molar-refractivity contribution in [3.8, 4) is 22.3 Å². The normalized spacial score (nSPS) is 13.8. The number of hydrogen-bond acceptors (Lipinski definition) is 1. The minimum Gasteiger partial charge on any atom is -0.356 e. The third-order valence-corrected chi connectivity index (χ3v) is 7.34. The Balaban J connectivity index is 1.52. The first kappa shape index (κ1) is 18.5. The Morgan fingerprint density at radius 2 is 0.909 bits per heavy atom. The lowest BCUT2D eigenvalue weighted by atomic mass is 9.70. The second kappa shape index (κ2) is 6.70. The van der Waals surface area contributed by atoms with Gasteiger partial charge in [-0.05, 0) is 75.7 Å². The fraction of sp³-hybridized carbons (Fsp3) is 0.0625. The molecule has 2 aliphatic carbocycles. The molecule has 1 heteroatoms. The molecular weight excluding hydrogens is 398 g/mol. The highest BCUT2D eigenvalue weighted by Gasteiger charge is 2.51. The van der Waals surface area contributed by atoms with Gasteiger partial charge in [-0.2, -0.15) is 0 Å². The average Bonchev–Trinajstić information content (AvgIpc) is 3.33. The zero-order valence-corrected chi connectivity index (χ0v) is 18.5. The van der Waals surface area contributed by atoms with Gasteiger partial charge in [0.2, 0.25) is 0 Å². The van der Waals surface area contributed by atoms with Crippen LogP contribution >= 0.6 is 0 Å². The van der Waals surface area contributed by atoms with E-state index in [1.807, 2.05) is 0 Å². The molecule has 0 heterocycles. The van der Waals surface area contributed by atoms with Gasteiger partial charge in [0.1, 0.15) is 0 Å². The molecule has 0 atom stereocenters. The topological polar surface area (TPSA) is 12.0 Å². The number of aryl methyl sites for hydroxylation is 1. The van der Waals surface area contributed by atoms with Crippen LogP contribution in [-0.4, -0.2) is 0 Å². The SMILES string of the molecule is Cc1ccc(Nc2ccc3c(c2)C2(c4ccccc4-c4ccccc42)c2ccccc2-3)cc1. The maximum absolute atomic E-state index is 3.64. The summed E-state index contributed by atoms with van der Waals surface area (Å²) in [5, 5.41) is 3.64. The van der Waals surface area contributed by atoms with Gasteiger partial charge in [0.15, 0.2) is 0 Å². The second-order valence-electron chi connectivity index (χ2n) is 9.14. The van der Waals surface area contributed by atoms with Gasteiger partial charge in [0.05, 0.1) is 5.41 Å². The van der Waals surface area contributed by atoms with Crippen molar-refractivity contribution in [1.82, 2.24) is 0 Å². The zero-order chi connectivity index (χ0) is 22.0. The molecule has 0 aliphatic heterocycles. The number of benzene rings is 5. The van der Waals surface area contributed by atoms with Crippen molar-refractivity contribution in [3.05, 3.63) is 143 Å². The van der Waals surface area contributed by atoms with Crippen molar-refractivity contribution in [2.75, 3.05) is 5.32 Å². The van der Waals surface area contributed by atoms with Crippen LogP contribution in [0.5, 0.6) is 0 Å². The fourth-order valence-corrected chi connectivity index (χ4v) is 5.98. The maximum Gasteiger partial charge on any atom is 0.0726 e. The van der Waals surface area contributed by atoms with Crippen LogP contribution < -0.4 is 5.32 Å². The zero-order valence-electron chi connectivity index (χ0n) is 18.5. The average molecular weight is 422 g/mol. The van der Waals surface area contributed by atoms with Crippen LogP contribution in [0.3, 0.4) is 0 Å². The number of hydrogen-bond donors (Lipinski definition) is 1. The van der Waals surface area contributed by atoms with Gasteiger partial charge >= 0.3 is 0 Å². The van der Waals surface area contributed by atoms with E-state index in [1.54, 1.807) is 0 Å². The molecule has 0 fully saturated rings. The molecule has 0 saturated heterocycles. The monoisotopic (exact) mass is 421 g/mol. The van der Waals surface area contributed by atoms with Gasteiger partial charge in [-0.3, -0.25) is 0 Å². The molecule has 0 saturated carbocycles. The minimum atomic E-state index is -0.288. The summed E-state index contributed by atoms with van der Waals surface area (Å²) in [6, 6.07) is 42.3. The summed E-state index contributed by atoms with van der Waals surface area (Å²) in [6.07, 6.45) is 0. The van der Waals surface area contributed by atoms with E-state index < -0.39 is 0 Å². The van der Waals surface area contributed by atoms with Crippen molar-refractivity contribution in [2.24, 2.45) is 0 Å².